The lowest BCUT2D eigenvalue weighted by molar-refractivity contribution is 1.25. The molecule has 2 heterocycles. The van der Waals surface area contributed by atoms with Crippen LogP contribution in [0.2, 0.25) is 0 Å². The highest BCUT2D eigenvalue weighted by Crippen LogP contribution is 2.18. The van der Waals surface area contributed by atoms with Crippen LogP contribution in [0.3, 0.4) is 0 Å². The Bertz CT molecular complexity index is 823. The Morgan fingerprint density at radius 2 is 2.17 bits per heavy atom. The van der Waals surface area contributed by atoms with Gasteiger partial charge >= 0.3 is 0 Å². The molecule has 3 rings (SSSR count). The number of benzene rings is 1. The van der Waals surface area contributed by atoms with E-state index in [9.17, 15) is 4.79 Å². The van der Waals surface area contributed by atoms with E-state index in [0.29, 0.717) is 17.0 Å². The highest BCUT2D eigenvalue weighted by Gasteiger charge is 2.08. The molecule has 0 amide bonds. The second kappa shape index (κ2) is 3.86. The van der Waals surface area contributed by atoms with Crippen LogP contribution in [0.5, 0.6) is 0 Å². The third-order valence-corrected chi connectivity index (χ3v) is 2.69. The maximum absolute atomic E-state index is 11.7. The van der Waals surface area contributed by atoms with Crippen molar-refractivity contribution in [3.8, 4) is 17.5 Å². The first kappa shape index (κ1) is 10.3. The maximum atomic E-state index is 11.7. The summed E-state index contributed by atoms with van der Waals surface area (Å²) in [7, 11) is 0. The van der Waals surface area contributed by atoms with Crippen LogP contribution in [0.15, 0.2) is 41.5 Å². The first-order valence-corrected chi connectivity index (χ1v) is 5.35. The molecule has 0 saturated carbocycles. The van der Waals surface area contributed by atoms with Crippen LogP contribution in [-0.2, 0) is 0 Å². The highest BCUT2D eigenvalue weighted by molar-refractivity contribution is 5.80. The van der Waals surface area contributed by atoms with Crippen molar-refractivity contribution in [1.82, 2.24) is 15.0 Å². The molecule has 0 aliphatic carbocycles. The number of rotatable bonds is 1. The average molecular weight is 236 g/mol. The Morgan fingerprint density at radius 3 is 2.94 bits per heavy atom. The van der Waals surface area contributed by atoms with E-state index in [4.69, 9.17) is 5.26 Å². The average Bonchev–Trinajstić information content (AvgIpc) is 2.81. The number of H-pyrrole nitrogens is 2. The van der Waals surface area contributed by atoms with Gasteiger partial charge in [0.1, 0.15) is 5.82 Å². The van der Waals surface area contributed by atoms with E-state index in [0.717, 1.165) is 11.0 Å². The van der Waals surface area contributed by atoms with Crippen molar-refractivity contribution in [2.45, 2.75) is 0 Å². The first-order valence-electron chi connectivity index (χ1n) is 5.35. The molecule has 3 aromatic rings. The van der Waals surface area contributed by atoms with Crippen LogP contribution < -0.4 is 5.43 Å². The van der Waals surface area contributed by atoms with Gasteiger partial charge in [-0.15, -0.1) is 0 Å². The van der Waals surface area contributed by atoms with Crippen LogP contribution in [0.1, 0.15) is 5.56 Å². The van der Waals surface area contributed by atoms with Gasteiger partial charge in [-0.1, -0.05) is 0 Å². The fourth-order valence-corrected chi connectivity index (χ4v) is 1.81. The SMILES string of the molecule is N#Cc1ccc2nc(-c3c[nH]ccc3=O)[nH]c2c1. The third kappa shape index (κ3) is 1.57. The molecule has 2 N–H and O–H groups in total. The van der Waals surface area contributed by atoms with E-state index in [1.54, 1.807) is 30.6 Å². The number of pyridine rings is 1. The maximum Gasteiger partial charge on any atom is 0.192 e. The van der Waals surface area contributed by atoms with Gasteiger partial charge in [-0.05, 0) is 18.2 Å². The number of aromatic nitrogens is 3. The van der Waals surface area contributed by atoms with Crippen molar-refractivity contribution in [2.24, 2.45) is 0 Å². The standard InChI is InChI=1S/C13H8N4O/c14-6-8-1-2-10-11(5-8)17-13(16-10)9-7-15-4-3-12(9)18/h1-5,7H,(H,15,18)(H,16,17). The molecule has 86 valence electrons. The van der Waals surface area contributed by atoms with Crippen molar-refractivity contribution in [3.05, 3.63) is 52.4 Å². The van der Waals surface area contributed by atoms with Crippen molar-refractivity contribution in [2.75, 3.05) is 0 Å². The molecule has 0 atom stereocenters. The van der Waals surface area contributed by atoms with Crippen molar-refractivity contribution in [3.63, 3.8) is 0 Å². The van der Waals surface area contributed by atoms with Crippen molar-refractivity contribution in [1.29, 1.82) is 5.26 Å². The minimum Gasteiger partial charge on any atom is -0.367 e. The molecular formula is C13H8N4O. The summed E-state index contributed by atoms with van der Waals surface area (Å²) in [4.78, 5) is 21.9. The lowest BCUT2D eigenvalue weighted by atomic mass is 10.2. The van der Waals surface area contributed by atoms with Gasteiger partial charge < -0.3 is 9.97 Å². The van der Waals surface area contributed by atoms with Gasteiger partial charge in [-0.2, -0.15) is 5.26 Å². The Balaban J connectivity index is 2.24. The Hall–Kier alpha value is -2.87. The number of nitriles is 1. The third-order valence-electron chi connectivity index (χ3n) is 2.69. The lowest BCUT2D eigenvalue weighted by Gasteiger charge is -1.92. The largest absolute Gasteiger partial charge is 0.367 e. The summed E-state index contributed by atoms with van der Waals surface area (Å²) >= 11 is 0. The van der Waals surface area contributed by atoms with Crippen LogP contribution >= 0.6 is 0 Å². The predicted octanol–water partition coefficient (Wildman–Crippen LogP) is 1.79. The van der Waals surface area contributed by atoms with Gasteiger partial charge in [0.2, 0.25) is 0 Å². The molecule has 0 radical (unpaired) electrons. The van der Waals surface area contributed by atoms with Crippen LogP contribution in [0, 0.1) is 11.3 Å². The smallest absolute Gasteiger partial charge is 0.192 e. The number of aromatic amines is 2. The predicted molar refractivity (Wildman–Crippen MR) is 66.9 cm³/mol. The fourth-order valence-electron chi connectivity index (χ4n) is 1.81. The summed E-state index contributed by atoms with van der Waals surface area (Å²) in [6.45, 7) is 0. The van der Waals surface area contributed by atoms with Crippen LogP contribution in [0.25, 0.3) is 22.4 Å². The second-order valence-electron chi connectivity index (χ2n) is 3.85. The fraction of sp³-hybridized carbons (Fsp3) is 0. The molecule has 0 spiro atoms. The molecule has 18 heavy (non-hydrogen) atoms. The molecule has 0 aliphatic rings. The monoisotopic (exact) mass is 236 g/mol. The molecule has 5 heteroatoms. The van der Waals surface area contributed by atoms with E-state index >= 15 is 0 Å². The normalized spacial score (nSPS) is 10.4. The van der Waals surface area contributed by atoms with Gasteiger partial charge in [0, 0.05) is 18.5 Å². The van der Waals surface area contributed by atoms with Crippen LogP contribution in [0.4, 0.5) is 0 Å². The minimum atomic E-state index is -0.103. The molecule has 0 aliphatic heterocycles. The van der Waals surface area contributed by atoms with Crippen molar-refractivity contribution >= 4 is 11.0 Å². The molecule has 2 aromatic heterocycles. The zero-order valence-corrected chi connectivity index (χ0v) is 9.27. The molecule has 0 fully saturated rings. The van der Waals surface area contributed by atoms with Gasteiger partial charge in [0.15, 0.2) is 5.43 Å². The molecule has 0 bridgehead atoms. The topological polar surface area (TPSA) is 85.3 Å². The quantitative estimate of drug-likeness (QED) is 0.675. The number of imidazole rings is 1. The van der Waals surface area contributed by atoms with E-state index in [1.807, 2.05) is 0 Å². The van der Waals surface area contributed by atoms with Gasteiger partial charge in [0.25, 0.3) is 0 Å². The highest BCUT2D eigenvalue weighted by atomic mass is 16.1. The zero-order chi connectivity index (χ0) is 12.5. The van der Waals surface area contributed by atoms with E-state index < -0.39 is 0 Å². The second-order valence-corrected chi connectivity index (χ2v) is 3.85. The van der Waals surface area contributed by atoms with Crippen molar-refractivity contribution < 1.29 is 0 Å². The molecule has 0 unspecified atom stereocenters. The summed E-state index contributed by atoms with van der Waals surface area (Å²) < 4.78 is 0. The van der Waals surface area contributed by atoms with E-state index in [-0.39, 0.29) is 5.43 Å². The molecule has 1 aromatic carbocycles. The molecule has 5 nitrogen and oxygen atoms in total. The zero-order valence-electron chi connectivity index (χ0n) is 9.27. The number of fused-ring (bicyclic) bond motifs is 1. The number of hydrogen-bond donors (Lipinski definition) is 2. The Labute approximate surface area is 102 Å². The molecule has 0 saturated heterocycles. The number of nitrogens with zero attached hydrogens (tertiary/aromatic N) is 2. The summed E-state index contributed by atoms with van der Waals surface area (Å²) in [6.07, 6.45) is 3.17. The minimum absolute atomic E-state index is 0.103. The lowest BCUT2D eigenvalue weighted by Crippen LogP contribution is -2.03. The summed E-state index contributed by atoms with van der Waals surface area (Å²) in [5.41, 5.74) is 2.40. The van der Waals surface area contributed by atoms with Gasteiger partial charge in [-0.25, -0.2) is 4.98 Å². The summed E-state index contributed by atoms with van der Waals surface area (Å²) in [6, 6.07) is 8.67. The Kier molecular flexibility index (Phi) is 2.21. The molecular weight excluding hydrogens is 228 g/mol. The van der Waals surface area contributed by atoms with Gasteiger partial charge in [0.05, 0.1) is 28.2 Å². The van der Waals surface area contributed by atoms with E-state index in [2.05, 4.69) is 21.0 Å². The summed E-state index contributed by atoms with van der Waals surface area (Å²) in [5.74, 6) is 0.502. The Morgan fingerprint density at radius 1 is 1.28 bits per heavy atom. The van der Waals surface area contributed by atoms with Crippen LogP contribution in [-0.4, -0.2) is 15.0 Å². The number of hydrogen-bond acceptors (Lipinski definition) is 3. The van der Waals surface area contributed by atoms with E-state index in [1.165, 1.54) is 6.07 Å². The van der Waals surface area contributed by atoms with Gasteiger partial charge in [-0.3, -0.25) is 4.79 Å². The summed E-state index contributed by atoms with van der Waals surface area (Å²) in [5, 5.41) is 8.83. The first-order chi connectivity index (χ1) is 8.78. The number of nitrogens with one attached hydrogen (secondary N) is 2.